The summed E-state index contributed by atoms with van der Waals surface area (Å²) in [7, 11) is 18.3. The zero-order valence-corrected chi connectivity index (χ0v) is 109. The predicted molar refractivity (Wildman–Crippen MR) is 605 cm³/mol. The smallest absolute Gasteiger partial charge is 0.336 e. The van der Waals surface area contributed by atoms with Crippen LogP contribution in [0.3, 0.4) is 0 Å². The first-order valence-corrected chi connectivity index (χ1v) is 63.7. The molecule has 0 fully saturated rings. The Morgan fingerprint density at radius 2 is 0.257 bits per heavy atom. The zero-order valence-electron chi connectivity index (χ0n) is 104. The molecule has 41 heteroatoms. The highest BCUT2D eigenvalue weighted by atomic mass is 31.2. The quantitative estimate of drug-likeness (QED) is 0.0279. The number of aliphatic hydroxyl groups is 5. The van der Waals surface area contributed by atoms with E-state index in [-0.39, 0.29) is 46.2 Å². The Bertz CT molecular complexity index is 3300. The molecule has 0 spiro atoms. The molecule has 0 aliphatic rings. The first-order valence-electron chi connectivity index (χ1n) is 54.4. The molecule has 0 aromatic heterocycles. The van der Waals surface area contributed by atoms with Gasteiger partial charge in [-0.15, -0.1) is 0 Å². The molecular formula is C103H248N12O23P6+12. The van der Waals surface area contributed by atoms with Crippen molar-refractivity contribution in [3.05, 3.63) is 0 Å². The number of hydrogen-bond acceptors (Lipinski definition) is 23. The fourth-order valence-electron chi connectivity index (χ4n) is 14.7. The Balaban J connectivity index is -0.000000398. The maximum Gasteiger partial charge on any atom is 0.336 e. The summed E-state index contributed by atoms with van der Waals surface area (Å²) in [5, 5.41) is 43.6. The lowest BCUT2D eigenvalue weighted by atomic mass is 10.3. The molecule has 0 aliphatic carbocycles. The van der Waals surface area contributed by atoms with Crippen molar-refractivity contribution in [2.75, 3.05) is 436 Å². The molecule has 5 N–H and O–H groups in total. The molecule has 144 heavy (non-hydrogen) atoms. The van der Waals surface area contributed by atoms with Crippen LogP contribution in [0.5, 0.6) is 0 Å². The molecule has 4 unspecified atom stereocenters. The summed E-state index contributed by atoms with van der Waals surface area (Å²) in [5.74, 6) is 0. The van der Waals surface area contributed by atoms with Crippen LogP contribution in [0.2, 0.25) is 0 Å². The maximum atomic E-state index is 13.5. The third-order valence-corrected chi connectivity index (χ3v) is 43.8. The molecule has 0 aromatic rings. The Hall–Kier alpha value is 0.220. The number of rotatable bonds is 72. The topological polar surface area (TPSA) is 314 Å². The Kier molecular flexibility index (Phi) is 74.7. The fourth-order valence-corrected chi connectivity index (χ4v) is 23.7. The van der Waals surface area contributed by atoms with Crippen molar-refractivity contribution < 1.29 is 161 Å². The summed E-state index contributed by atoms with van der Waals surface area (Å²) in [6.07, 6.45) is 0.941. The van der Waals surface area contributed by atoms with Crippen LogP contribution >= 0.6 is 45.6 Å². The van der Waals surface area contributed by atoms with Crippen LogP contribution in [0.25, 0.3) is 0 Å². The molecule has 0 bridgehead atoms. The van der Waals surface area contributed by atoms with E-state index in [0.29, 0.717) is 132 Å². The molecule has 0 aliphatic heterocycles. The molecule has 0 heterocycles. The number of nitrogens with zero attached hydrogens (tertiary/aromatic N) is 12. The molecular weight excluding hydrogens is 1960 g/mol. The van der Waals surface area contributed by atoms with Gasteiger partial charge in [0, 0.05) is 0 Å². The first-order chi connectivity index (χ1) is 65.1. The second kappa shape index (κ2) is 69.5. The summed E-state index contributed by atoms with van der Waals surface area (Å²) in [5.41, 5.74) is 0. The van der Waals surface area contributed by atoms with E-state index in [9.17, 15) is 52.9 Å². The standard InChI is InChI=1S/C20H47N2O3P.C18H43N2O5P.C17H41N2O6P.2C17H41N2O3P.C14H35N2O3P/c1-10-21(11-2,12-3)16-18-24-26(23,20(7,8)9)25-19-17-22(13-4,14-5)15-6;1-8-9-20(10-14-21,11-15-22)13-17-25-26(23,18(2,3)4)24-16-12-19(5,6)7;1-17(2,3)26(23,24-15-10-18(4,5)6)25-16-11-19(7-12-20,8-13-21)9-14-22;2*1-10-19(11-2,12-3)14-16-22-23(20,17(4,5)6)21-15-13-18(7,8)9;1-14(2,3)20(17,18-12-10-15(4,5)6)19-13-11-16(7,8)9/h10-19H2,1-9H3;21-22H,8-17H2,1-7H3;20-22H,7-16H2,1-6H3;2*10-16H2,1-9H3;10-13H2,1-9H3/q6*+2. The average molecular weight is 2210 g/mol. The van der Waals surface area contributed by atoms with Gasteiger partial charge in [-0.1, -0.05) is 6.92 Å². The number of hydrogen-bond donors (Lipinski definition) is 5. The third kappa shape index (κ3) is 64.2. The predicted octanol–water partition coefficient (Wildman–Crippen LogP) is 16.8. The number of likely N-dealkylation sites (N-methyl/N-ethyl adjacent to an activating group) is 10. The average Bonchev–Trinajstić information content (AvgIpc) is 0.828. The third-order valence-electron chi connectivity index (χ3n) is 27.7. The minimum atomic E-state index is -3.34. The highest BCUT2D eigenvalue weighted by Crippen LogP contribution is 2.64. The van der Waals surface area contributed by atoms with Gasteiger partial charge < -0.3 is 134 Å². The SMILES string of the molecule is CC(C)(C)P(=O)(OCC[N+](C)(C)C)OCC[N+](C)(C)C.CC(C)(C)P(=O)(OCC[N+](C)(C)C)OCC[N+](CCO)(CCO)CCO.CCC[N+](CCO)(CCO)CCOP(=O)(OCC[N+](C)(C)C)C(C)(C)C.CC[N+](CC)(CC)CCOP(=O)(OCC[N+](C)(C)C)C(C)(C)C.CC[N+](CC)(CC)CCOP(=O)(OCC[N+](C)(C)C)C(C)(C)C.CC[N+](CC)(CC)CCOP(=O)(OCC[N+](CC)(CC)CC)C(C)(C)C. The molecule has 0 radical (unpaired) electrons. The largest absolute Gasteiger partial charge is 0.391 e. The molecule has 0 rings (SSSR count). The van der Waals surface area contributed by atoms with Gasteiger partial charge in [0.05, 0.1) is 276 Å². The highest BCUT2D eigenvalue weighted by Gasteiger charge is 2.48. The molecule has 4 atom stereocenters. The van der Waals surface area contributed by atoms with Gasteiger partial charge in [0.1, 0.15) is 191 Å². The van der Waals surface area contributed by atoms with Gasteiger partial charge in [0.2, 0.25) is 0 Å². The van der Waals surface area contributed by atoms with Crippen molar-refractivity contribution in [3.63, 3.8) is 0 Å². The van der Waals surface area contributed by atoms with Crippen molar-refractivity contribution in [1.82, 2.24) is 0 Å². The van der Waals surface area contributed by atoms with E-state index in [2.05, 4.69) is 196 Å². The van der Waals surface area contributed by atoms with Crippen molar-refractivity contribution in [3.8, 4) is 0 Å². The lowest BCUT2D eigenvalue weighted by molar-refractivity contribution is -0.929. The zero-order chi connectivity index (χ0) is 114. The Morgan fingerprint density at radius 1 is 0.160 bits per heavy atom. The van der Waals surface area contributed by atoms with Gasteiger partial charge in [-0.25, -0.2) is 0 Å². The van der Waals surface area contributed by atoms with Crippen molar-refractivity contribution in [2.45, 2.75) is 252 Å². The monoisotopic (exact) mass is 2210 g/mol. The molecule has 35 nitrogen and oxygen atoms in total. The van der Waals surface area contributed by atoms with E-state index in [1.807, 2.05) is 146 Å². The van der Waals surface area contributed by atoms with Gasteiger partial charge in [-0.05, 0) is 214 Å². The lowest BCUT2D eigenvalue weighted by Crippen LogP contribution is -2.55. The van der Waals surface area contributed by atoms with Crippen molar-refractivity contribution >= 4 is 45.6 Å². The molecule has 0 saturated carbocycles. The fraction of sp³-hybridized carbons (Fsp3) is 1.00. The van der Waals surface area contributed by atoms with E-state index in [1.54, 1.807) is 0 Å². The van der Waals surface area contributed by atoms with Crippen LogP contribution in [0.15, 0.2) is 0 Å². The van der Waals surface area contributed by atoms with E-state index < -0.39 is 76.5 Å². The summed E-state index contributed by atoms with van der Waals surface area (Å²) < 4.78 is 159. The normalized spacial score (nSPS) is 15.5. The molecule has 0 amide bonds. The van der Waals surface area contributed by atoms with Gasteiger partial charge in [-0.3, -0.25) is 27.4 Å². The first kappa shape index (κ1) is 155. The van der Waals surface area contributed by atoms with Crippen molar-refractivity contribution in [1.29, 1.82) is 0 Å². The maximum absolute atomic E-state index is 13.5. The summed E-state index contributed by atoms with van der Waals surface area (Å²) in [4.78, 5) is 0. The second-order valence-electron chi connectivity index (χ2n) is 51.2. The van der Waals surface area contributed by atoms with Crippen LogP contribution in [-0.2, 0) is 81.7 Å². The van der Waals surface area contributed by atoms with E-state index in [1.165, 1.54) is 0 Å². The number of quaternary nitrogens is 12. The van der Waals surface area contributed by atoms with Crippen LogP contribution in [0.4, 0.5) is 0 Å². The van der Waals surface area contributed by atoms with Crippen LogP contribution in [0, 0.1) is 0 Å². The van der Waals surface area contributed by atoms with Gasteiger partial charge in [0.15, 0.2) is 0 Å². The number of aliphatic hydroxyl groups excluding tert-OH is 5. The molecule has 0 aromatic carbocycles. The minimum Gasteiger partial charge on any atom is -0.391 e. The van der Waals surface area contributed by atoms with E-state index in [4.69, 9.17) is 54.3 Å². The minimum absolute atomic E-state index is 0.0525. The highest BCUT2D eigenvalue weighted by molar-refractivity contribution is 7.57. The Labute approximate surface area is 889 Å². The summed E-state index contributed by atoms with van der Waals surface area (Å²) in [6, 6.07) is 0. The van der Waals surface area contributed by atoms with Crippen LogP contribution < -0.4 is 0 Å². The van der Waals surface area contributed by atoms with Crippen molar-refractivity contribution in [2.24, 2.45) is 0 Å². The van der Waals surface area contributed by atoms with Gasteiger partial charge >= 0.3 is 45.6 Å². The molecule has 0 saturated heterocycles. The Morgan fingerprint density at radius 3 is 0.340 bits per heavy atom. The second-order valence-corrected chi connectivity index (χ2v) is 68.4. The van der Waals surface area contributed by atoms with E-state index in [0.717, 1.165) is 191 Å². The summed E-state index contributed by atoms with van der Waals surface area (Å²) in [6.45, 7) is 92.9. The van der Waals surface area contributed by atoms with Gasteiger partial charge in [0.25, 0.3) is 0 Å². The van der Waals surface area contributed by atoms with Gasteiger partial charge in [-0.2, -0.15) is 0 Å². The van der Waals surface area contributed by atoms with Crippen LogP contribution in [0.1, 0.15) is 221 Å². The van der Waals surface area contributed by atoms with E-state index >= 15 is 0 Å². The molecule has 876 valence electrons. The summed E-state index contributed by atoms with van der Waals surface area (Å²) >= 11 is 0. The lowest BCUT2D eigenvalue weighted by Gasteiger charge is -2.38. The van der Waals surface area contributed by atoms with Crippen LogP contribution in [-0.4, -0.2) is 546 Å².